The van der Waals surface area contributed by atoms with Gasteiger partial charge in [0, 0.05) is 11.6 Å². The Morgan fingerprint density at radius 1 is 1.47 bits per heavy atom. The smallest absolute Gasteiger partial charge is 0.387 e. The van der Waals surface area contributed by atoms with Gasteiger partial charge in [-0.25, -0.2) is 4.39 Å². The Hall–Kier alpha value is -2.23. The number of alkyl halides is 2. The van der Waals surface area contributed by atoms with Crippen molar-refractivity contribution in [2.24, 2.45) is 0 Å². The van der Waals surface area contributed by atoms with Crippen LogP contribution in [0.25, 0.3) is 0 Å². The van der Waals surface area contributed by atoms with Gasteiger partial charge in [-0.1, -0.05) is 0 Å². The fourth-order valence-electron chi connectivity index (χ4n) is 1.40. The molecule has 0 saturated carbocycles. The van der Waals surface area contributed by atoms with Gasteiger partial charge >= 0.3 is 12.6 Å². The zero-order chi connectivity index (χ0) is 14.4. The molecule has 0 aliphatic heterocycles. The summed E-state index contributed by atoms with van der Waals surface area (Å²) in [4.78, 5) is 11.2. The topological polar surface area (TPSA) is 59.3 Å². The summed E-state index contributed by atoms with van der Waals surface area (Å²) in [6, 6.07) is 3.29. The molecule has 0 spiro atoms. The maximum atomic E-state index is 13.7. The predicted octanol–water partition coefficient (Wildman–Crippen LogP) is 2.40. The summed E-state index contributed by atoms with van der Waals surface area (Å²) < 4.78 is 46.6. The van der Waals surface area contributed by atoms with E-state index in [0.29, 0.717) is 0 Å². The van der Waals surface area contributed by atoms with Gasteiger partial charge in [0.05, 0.1) is 18.6 Å². The van der Waals surface area contributed by atoms with Crippen LogP contribution in [-0.4, -0.2) is 19.2 Å². The lowest BCUT2D eigenvalue weighted by Crippen LogP contribution is -2.10. The van der Waals surface area contributed by atoms with Crippen molar-refractivity contribution in [1.82, 2.24) is 0 Å². The molecule has 7 heteroatoms. The summed E-state index contributed by atoms with van der Waals surface area (Å²) in [5.74, 6) is -2.05. The minimum Gasteiger partial charge on any atom is -0.466 e. The van der Waals surface area contributed by atoms with E-state index in [-0.39, 0.29) is 17.9 Å². The molecule has 1 aromatic carbocycles. The molecule has 0 N–H and O–H groups in total. The number of hydrogen-bond donors (Lipinski definition) is 0. The summed E-state index contributed by atoms with van der Waals surface area (Å²) in [5.41, 5.74) is -0.703. The van der Waals surface area contributed by atoms with Crippen molar-refractivity contribution in [3.63, 3.8) is 0 Å². The van der Waals surface area contributed by atoms with Crippen molar-refractivity contribution in [3.05, 3.63) is 29.1 Å². The van der Waals surface area contributed by atoms with E-state index < -0.39 is 30.4 Å². The van der Waals surface area contributed by atoms with E-state index in [0.717, 1.165) is 12.1 Å². The van der Waals surface area contributed by atoms with E-state index in [4.69, 9.17) is 5.26 Å². The standard InChI is InChI=1S/C12H10F3NO3/c1-2-18-10(17)5-7-3-9(19-12(14)15)4-8(6-16)11(7)13/h3-4,12H,2,5H2,1H3. The Labute approximate surface area is 107 Å². The van der Waals surface area contributed by atoms with E-state index in [1.807, 2.05) is 0 Å². The molecule has 0 aliphatic carbocycles. The van der Waals surface area contributed by atoms with Crippen molar-refractivity contribution in [3.8, 4) is 11.8 Å². The van der Waals surface area contributed by atoms with Crippen molar-refractivity contribution in [1.29, 1.82) is 5.26 Å². The highest BCUT2D eigenvalue weighted by Crippen LogP contribution is 2.23. The highest BCUT2D eigenvalue weighted by atomic mass is 19.3. The molecular weight excluding hydrogens is 263 g/mol. The molecule has 0 aliphatic rings. The lowest BCUT2D eigenvalue weighted by molar-refractivity contribution is -0.142. The van der Waals surface area contributed by atoms with Crippen molar-refractivity contribution in [2.75, 3.05) is 6.61 Å². The molecule has 0 aromatic heterocycles. The molecule has 0 amide bonds. The summed E-state index contributed by atoms with van der Waals surface area (Å²) in [5, 5.41) is 8.69. The van der Waals surface area contributed by atoms with Crippen LogP contribution in [0.15, 0.2) is 12.1 Å². The average molecular weight is 273 g/mol. The van der Waals surface area contributed by atoms with Crippen LogP contribution in [0.5, 0.6) is 5.75 Å². The molecule has 0 saturated heterocycles. The lowest BCUT2D eigenvalue weighted by Gasteiger charge is -2.09. The second-order valence-electron chi connectivity index (χ2n) is 3.42. The molecule has 1 aromatic rings. The van der Waals surface area contributed by atoms with Gasteiger partial charge in [0.2, 0.25) is 0 Å². The summed E-state index contributed by atoms with van der Waals surface area (Å²) in [7, 11) is 0. The minimum absolute atomic E-state index is 0.110. The molecule has 0 radical (unpaired) electrons. The zero-order valence-corrected chi connectivity index (χ0v) is 9.95. The average Bonchev–Trinajstić information content (AvgIpc) is 2.32. The van der Waals surface area contributed by atoms with Gasteiger partial charge in [0.15, 0.2) is 0 Å². The first-order valence-electron chi connectivity index (χ1n) is 5.30. The number of ether oxygens (including phenoxy) is 2. The Balaban J connectivity index is 3.08. The van der Waals surface area contributed by atoms with Crippen LogP contribution >= 0.6 is 0 Å². The van der Waals surface area contributed by atoms with Crippen LogP contribution < -0.4 is 4.74 Å². The van der Waals surface area contributed by atoms with E-state index >= 15 is 0 Å². The van der Waals surface area contributed by atoms with Gasteiger partial charge in [0.25, 0.3) is 0 Å². The van der Waals surface area contributed by atoms with Crippen LogP contribution in [0.2, 0.25) is 0 Å². The van der Waals surface area contributed by atoms with E-state index in [2.05, 4.69) is 9.47 Å². The number of carbonyl (C=O) groups is 1. The van der Waals surface area contributed by atoms with Gasteiger partial charge in [-0.15, -0.1) is 0 Å². The molecule has 19 heavy (non-hydrogen) atoms. The van der Waals surface area contributed by atoms with Crippen LogP contribution in [0.4, 0.5) is 13.2 Å². The van der Waals surface area contributed by atoms with Crippen LogP contribution in [-0.2, 0) is 16.0 Å². The van der Waals surface area contributed by atoms with E-state index in [9.17, 15) is 18.0 Å². The third-order valence-corrected chi connectivity index (χ3v) is 2.11. The number of benzene rings is 1. The molecule has 102 valence electrons. The molecule has 0 heterocycles. The second kappa shape index (κ2) is 6.64. The third kappa shape index (κ3) is 4.17. The number of hydrogen-bond acceptors (Lipinski definition) is 4. The summed E-state index contributed by atoms with van der Waals surface area (Å²) in [6.45, 7) is -1.42. The largest absolute Gasteiger partial charge is 0.466 e. The highest BCUT2D eigenvalue weighted by molar-refractivity contribution is 5.73. The quantitative estimate of drug-likeness (QED) is 0.773. The molecule has 0 bridgehead atoms. The molecule has 4 nitrogen and oxygen atoms in total. The van der Waals surface area contributed by atoms with Gasteiger partial charge in [-0.2, -0.15) is 14.0 Å². The van der Waals surface area contributed by atoms with E-state index in [1.165, 1.54) is 6.07 Å². The summed E-state index contributed by atoms with van der Waals surface area (Å²) >= 11 is 0. The van der Waals surface area contributed by atoms with Crippen molar-refractivity contribution < 1.29 is 27.4 Å². The third-order valence-electron chi connectivity index (χ3n) is 2.11. The molecule has 0 atom stereocenters. The van der Waals surface area contributed by atoms with E-state index in [1.54, 1.807) is 6.92 Å². The van der Waals surface area contributed by atoms with Gasteiger partial charge < -0.3 is 9.47 Å². The highest BCUT2D eigenvalue weighted by Gasteiger charge is 2.16. The predicted molar refractivity (Wildman–Crippen MR) is 58.1 cm³/mol. The number of nitrogens with zero attached hydrogens (tertiary/aromatic N) is 1. The molecular formula is C12H10F3NO3. The monoisotopic (exact) mass is 273 g/mol. The van der Waals surface area contributed by atoms with Gasteiger partial charge in [-0.3, -0.25) is 4.79 Å². The van der Waals surface area contributed by atoms with Crippen LogP contribution in [0, 0.1) is 17.1 Å². The molecule has 1 rings (SSSR count). The first-order valence-corrected chi connectivity index (χ1v) is 5.30. The first kappa shape index (κ1) is 14.8. The first-order chi connectivity index (χ1) is 8.97. The van der Waals surface area contributed by atoms with Gasteiger partial charge in [-0.05, 0) is 13.0 Å². The number of rotatable bonds is 5. The lowest BCUT2D eigenvalue weighted by atomic mass is 10.1. The fourth-order valence-corrected chi connectivity index (χ4v) is 1.40. The summed E-state index contributed by atoms with van der Waals surface area (Å²) in [6.07, 6.45) is -0.464. The van der Waals surface area contributed by atoms with Crippen LogP contribution in [0.1, 0.15) is 18.1 Å². The van der Waals surface area contributed by atoms with Crippen molar-refractivity contribution >= 4 is 5.97 Å². The zero-order valence-electron chi connectivity index (χ0n) is 9.95. The SMILES string of the molecule is CCOC(=O)Cc1cc(OC(F)F)cc(C#N)c1F. The minimum atomic E-state index is -3.10. The Morgan fingerprint density at radius 3 is 2.68 bits per heavy atom. The second-order valence-corrected chi connectivity index (χ2v) is 3.42. The number of carbonyl (C=O) groups excluding carboxylic acids is 1. The maximum Gasteiger partial charge on any atom is 0.387 e. The number of halogens is 3. The van der Waals surface area contributed by atoms with Gasteiger partial charge in [0.1, 0.15) is 17.6 Å². The Morgan fingerprint density at radius 2 is 2.16 bits per heavy atom. The number of esters is 1. The maximum absolute atomic E-state index is 13.7. The fraction of sp³-hybridized carbons (Fsp3) is 0.333. The van der Waals surface area contributed by atoms with Crippen LogP contribution in [0.3, 0.4) is 0 Å². The molecule has 0 unspecified atom stereocenters. The molecule has 0 fully saturated rings. The van der Waals surface area contributed by atoms with Crippen molar-refractivity contribution in [2.45, 2.75) is 20.0 Å². The number of nitriles is 1. The Bertz CT molecular complexity index is 512. The normalized spacial score (nSPS) is 10.1. The Kier molecular flexibility index (Phi) is 5.18.